The zero-order chi connectivity index (χ0) is 14.5. The molecule has 0 bridgehead atoms. The number of rotatable bonds is 8. The monoisotopic (exact) mass is 306 g/mol. The van der Waals surface area contributed by atoms with Gasteiger partial charge in [0.25, 0.3) is 0 Å². The molecule has 0 aliphatic rings. The average Bonchev–Trinajstić information content (AvgIpc) is 2.79. The smallest absolute Gasteiger partial charge is 0.242 e. The first-order chi connectivity index (χ1) is 8.94. The molecule has 1 aromatic heterocycles. The number of hydrogen-bond acceptors (Lipinski definition) is 4. The lowest BCUT2D eigenvalue weighted by Crippen LogP contribution is -2.34. The summed E-state index contributed by atoms with van der Waals surface area (Å²) in [5.41, 5.74) is 0.610. The third kappa shape index (κ3) is 4.52. The highest BCUT2D eigenvalue weighted by Gasteiger charge is 2.20. The molecule has 19 heavy (non-hydrogen) atoms. The molecule has 0 radical (unpaired) electrons. The summed E-state index contributed by atoms with van der Waals surface area (Å²) in [5.74, 6) is 1.71. The maximum atomic E-state index is 12.2. The number of nitrogens with one attached hydrogen (secondary N) is 1. The third-order valence-electron chi connectivity index (χ3n) is 2.70. The molecule has 2 N–H and O–H groups in total. The number of aryl methyl sites for hydroxylation is 1. The normalized spacial score (nSPS) is 13.7. The fraction of sp³-hybridized carbons (Fsp3) is 0.667. The molecule has 0 aromatic carbocycles. The summed E-state index contributed by atoms with van der Waals surface area (Å²) in [6.07, 6.45) is 1.56. The van der Waals surface area contributed by atoms with Gasteiger partial charge in [0.15, 0.2) is 0 Å². The Morgan fingerprint density at radius 1 is 1.47 bits per heavy atom. The van der Waals surface area contributed by atoms with E-state index < -0.39 is 10.0 Å². The Kier molecular flexibility index (Phi) is 6.38. The molecule has 0 saturated carbocycles. The first-order valence-corrected chi connectivity index (χ1v) is 8.98. The summed E-state index contributed by atoms with van der Waals surface area (Å²) < 4.78 is 28.8. The number of nitrogens with zero attached hydrogens (tertiary/aromatic N) is 1. The van der Waals surface area contributed by atoms with Gasteiger partial charge >= 0.3 is 0 Å². The van der Waals surface area contributed by atoms with Crippen LogP contribution in [-0.2, 0) is 23.2 Å². The Morgan fingerprint density at radius 2 is 2.16 bits per heavy atom. The van der Waals surface area contributed by atoms with Crippen molar-refractivity contribution in [3.05, 3.63) is 18.0 Å². The number of thioether (sulfide) groups is 1. The molecule has 0 spiro atoms. The van der Waals surface area contributed by atoms with Gasteiger partial charge in [0.2, 0.25) is 10.0 Å². The molecule has 1 atom stereocenters. The van der Waals surface area contributed by atoms with E-state index in [2.05, 4.69) is 4.72 Å². The molecule has 1 aromatic rings. The molecule has 1 heterocycles. The van der Waals surface area contributed by atoms with Crippen molar-refractivity contribution in [1.29, 1.82) is 0 Å². The Balaban J connectivity index is 2.85. The number of hydrogen-bond donors (Lipinski definition) is 2. The Morgan fingerprint density at radius 3 is 2.63 bits per heavy atom. The van der Waals surface area contributed by atoms with Crippen LogP contribution in [0.5, 0.6) is 0 Å². The quantitative estimate of drug-likeness (QED) is 0.762. The average molecular weight is 306 g/mol. The molecule has 5 nitrogen and oxygen atoms in total. The van der Waals surface area contributed by atoms with Crippen molar-refractivity contribution >= 4 is 21.8 Å². The minimum Gasteiger partial charge on any atom is -0.390 e. The molecule has 0 aliphatic carbocycles. The molecule has 1 unspecified atom stereocenters. The van der Waals surface area contributed by atoms with Gasteiger partial charge in [-0.2, -0.15) is 11.8 Å². The van der Waals surface area contributed by atoms with E-state index in [0.717, 1.165) is 11.5 Å². The van der Waals surface area contributed by atoms with E-state index in [1.165, 1.54) is 6.07 Å². The zero-order valence-electron chi connectivity index (χ0n) is 11.6. The predicted molar refractivity (Wildman–Crippen MR) is 78.8 cm³/mol. The van der Waals surface area contributed by atoms with Gasteiger partial charge in [0, 0.05) is 30.2 Å². The van der Waals surface area contributed by atoms with Crippen molar-refractivity contribution in [1.82, 2.24) is 9.29 Å². The standard InChI is InChI=1S/C12H22N2O3S2/c1-4-14-7-12(6-11(14)8-15)19(16,17)13-10(3)9-18-5-2/h6-7,10,13,15H,4-5,8-9H2,1-3H3. The van der Waals surface area contributed by atoms with Gasteiger partial charge in [-0.25, -0.2) is 13.1 Å². The van der Waals surface area contributed by atoms with E-state index in [1.807, 2.05) is 20.8 Å². The van der Waals surface area contributed by atoms with Gasteiger partial charge in [0.1, 0.15) is 0 Å². The van der Waals surface area contributed by atoms with Crippen molar-refractivity contribution in [3.63, 3.8) is 0 Å². The van der Waals surface area contributed by atoms with Crippen molar-refractivity contribution in [2.75, 3.05) is 11.5 Å². The van der Waals surface area contributed by atoms with Crippen LogP contribution < -0.4 is 4.72 Å². The Bertz CT molecular complexity index is 476. The van der Waals surface area contributed by atoms with E-state index in [0.29, 0.717) is 12.2 Å². The molecule has 0 saturated heterocycles. The topological polar surface area (TPSA) is 71.3 Å². The molecule has 1 rings (SSSR count). The van der Waals surface area contributed by atoms with Crippen molar-refractivity contribution in [2.45, 2.75) is 44.9 Å². The van der Waals surface area contributed by atoms with Gasteiger partial charge in [-0.15, -0.1) is 0 Å². The number of aliphatic hydroxyl groups excluding tert-OH is 1. The van der Waals surface area contributed by atoms with Crippen LogP contribution >= 0.6 is 11.8 Å². The summed E-state index contributed by atoms with van der Waals surface area (Å²) in [4.78, 5) is 0.215. The third-order valence-corrected chi connectivity index (χ3v) is 5.40. The fourth-order valence-electron chi connectivity index (χ4n) is 1.76. The molecule has 0 amide bonds. The van der Waals surface area contributed by atoms with Gasteiger partial charge in [-0.1, -0.05) is 6.92 Å². The summed E-state index contributed by atoms with van der Waals surface area (Å²) in [6.45, 7) is 6.27. The number of aliphatic hydroxyl groups is 1. The van der Waals surface area contributed by atoms with Gasteiger partial charge in [-0.3, -0.25) is 0 Å². The second-order valence-corrected chi connectivity index (χ2v) is 7.33. The van der Waals surface area contributed by atoms with Crippen LogP contribution in [0.4, 0.5) is 0 Å². The predicted octanol–water partition coefficient (Wildman–Crippen LogP) is 1.42. The van der Waals surface area contributed by atoms with E-state index in [4.69, 9.17) is 0 Å². The SMILES string of the molecule is CCSCC(C)NS(=O)(=O)c1cc(CO)n(CC)c1. The van der Waals surface area contributed by atoms with Crippen LogP contribution in [-0.4, -0.2) is 35.6 Å². The highest BCUT2D eigenvalue weighted by atomic mass is 32.2. The minimum atomic E-state index is -3.51. The highest BCUT2D eigenvalue weighted by molar-refractivity contribution is 7.99. The van der Waals surface area contributed by atoms with E-state index in [9.17, 15) is 13.5 Å². The molecule has 0 fully saturated rings. The lowest BCUT2D eigenvalue weighted by molar-refractivity contribution is 0.271. The van der Waals surface area contributed by atoms with Crippen molar-refractivity contribution in [2.24, 2.45) is 0 Å². The first kappa shape index (κ1) is 16.6. The minimum absolute atomic E-state index is 0.113. The zero-order valence-corrected chi connectivity index (χ0v) is 13.2. The summed E-state index contributed by atoms with van der Waals surface area (Å²) in [6, 6.07) is 1.41. The van der Waals surface area contributed by atoms with E-state index in [1.54, 1.807) is 22.5 Å². The Hall–Kier alpha value is -0.500. The lowest BCUT2D eigenvalue weighted by atomic mass is 10.4. The van der Waals surface area contributed by atoms with Crippen LogP contribution in [0, 0.1) is 0 Å². The summed E-state index contributed by atoms with van der Waals surface area (Å²) in [5, 5.41) is 9.19. The highest BCUT2D eigenvalue weighted by Crippen LogP contribution is 2.15. The van der Waals surface area contributed by atoms with Crippen LogP contribution in [0.1, 0.15) is 26.5 Å². The largest absolute Gasteiger partial charge is 0.390 e. The second-order valence-electron chi connectivity index (χ2n) is 4.29. The van der Waals surface area contributed by atoms with Crippen LogP contribution in [0.25, 0.3) is 0 Å². The van der Waals surface area contributed by atoms with Crippen LogP contribution in [0.2, 0.25) is 0 Å². The van der Waals surface area contributed by atoms with E-state index >= 15 is 0 Å². The Labute approximate surface area is 119 Å². The van der Waals surface area contributed by atoms with Crippen LogP contribution in [0.15, 0.2) is 17.2 Å². The maximum Gasteiger partial charge on any atom is 0.242 e. The van der Waals surface area contributed by atoms with E-state index in [-0.39, 0.29) is 17.5 Å². The summed E-state index contributed by atoms with van der Waals surface area (Å²) >= 11 is 1.70. The molecular weight excluding hydrogens is 284 g/mol. The first-order valence-electron chi connectivity index (χ1n) is 6.34. The maximum absolute atomic E-state index is 12.2. The molecule has 0 aliphatic heterocycles. The number of aromatic nitrogens is 1. The molecule has 7 heteroatoms. The van der Waals surface area contributed by atoms with Gasteiger partial charge < -0.3 is 9.67 Å². The number of sulfonamides is 1. The van der Waals surface area contributed by atoms with Gasteiger partial charge in [-0.05, 0) is 25.7 Å². The van der Waals surface area contributed by atoms with Gasteiger partial charge in [0.05, 0.1) is 11.5 Å². The van der Waals surface area contributed by atoms with Crippen molar-refractivity contribution in [3.8, 4) is 0 Å². The lowest BCUT2D eigenvalue weighted by Gasteiger charge is -2.12. The molecular formula is C12H22N2O3S2. The fourth-order valence-corrected chi connectivity index (χ4v) is 3.84. The molecule has 110 valence electrons. The van der Waals surface area contributed by atoms with Crippen LogP contribution in [0.3, 0.4) is 0 Å². The second kappa shape index (κ2) is 7.33. The summed E-state index contributed by atoms with van der Waals surface area (Å²) in [7, 11) is -3.51. The van der Waals surface area contributed by atoms with Crippen molar-refractivity contribution < 1.29 is 13.5 Å².